The maximum atomic E-state index is 13.6. The molecular weight excluding hydrogens is 205 g/mol. The standard InChI is InChI=1S/C12H18FN3/c1-8(16(3)9(2)12(14)15)10-6-4-5-7-11(10)13/h4-9H,1-3H3,(H3,14,15). The van der Waals surface area contributed by atoms with Gasteiger partial charge in [0.25, 0.3) is 0 Å². The van der Waals surface area contributed by atoms with Gasteiger partial charge in [-0.25, -0.2) is 4.39 Å². The first-order chi connectivity index (χ1) is 7.45. The molecule has 0 fully saturated rings. The van der Waals surface area contributed by atoms with Crippen LogP contribution in [0.25, 0.3) is 0 Å². The number of benzene rings is 1. The molecule has 0 spiro atoms. The van der Waals surface area contributed by atoms with Crippen molar-refractivity contribution < 1.29 is 4.39 Å². The maximum absolute atomic E-state index is 13.6. The Morgan fingerprint density at radius 2 is 1.94 bits per heavy atom. The molecule has 0 radical (unpaired) electrons. The average Bonchev–Trinajstić information content (AvgIpc) is 2.26. The lowest BCUT2D eigenvalue weighted by Gasteiger charge is -2.30. The molecule has 0 aliphatic heterocycles. The first kappa shape index (κ1) is 12.6. The van der Waals surface area contributed by atoms with Gasteiger partial charge in [0.05, 0.1) is 6.04 Å². The molecule has 0 saturated carbocycles. The van der Waals surface area contributed by atoms with E-state index in [0.717, 1.165) is 0 Å². The summed E-state index contributed by atoms with van der Waals surface area (Å²) in [6.45, 7) is 3.73. The third-order valence-electron chi connectivity index (χ3n) is 3.03. The Kier molecular flexibility index (Phi) is 4.01. The van der Waals surface area contributed by atoms with Crippen molar-refractivity contribution in [3.63, 3.8) is 0 Å². The molecule has 0 bridgehead atoms. The molecule has 0 amide bonds. The Labute approximate surface area is 95.6 Å². The van der Waals surface area contributed by atoms with Crippen molar-refractivity contribution in [1.29, 1.82) is 5.41 Å². The molecule has 1 aromatic carbocycles. The van der Waals surface area contributed by atoms with Crippen LogP contribution in [0.15, 0.2) is 24.3 Å². The first-order valence-corrected chi connectivity index (χ1v) is 5.25. The summed E-state index contributed by atoms with van der Waals surface area (Å²) in [7, 11) is 1.84. The predicted molar refractivity (Wildman–Crippen MR) is 64.0 cm³/mol. The van der Waals surface area contributed by atoms with Crippen molar-refractivity contribution >= 4 is 5.84 Å². The molecule has 88 valence electrons. The summed E-state index contributed by atoms with van der Waals surface area (Å²) in [6.07, 6.45) is 0. The Hall–Kier alpha value is -1.42. The van der Waals surface area contributed by atoms with Crippen LogP contribution in [0, 0.1) is 11.2 Å². The van der Waals surface area contributed by atoms with Gasteiger partial charge in [0.1, 0.15) is 11.7 Å². The highest BCUT2D eigenvalue weighted by molar-refractivity contribution is 5.82. The van der Waals surface area contributed by atoms with Gasteiger partial charge in [-0.15, -0.1) is 0 Å². The lowest BCUT2D eigenvalue weighted by Crippen LogP contribution is -2.41. The summed E-state index contributed by atoms with van der Waals surface area (Å²) in [6, 6.07) is 6.36. The van der Waals surface area contributed by atoms with Crippen molar-refractivity contribution in [2.45, 2.75) is 25.9 Å². The molecule has 0 saturated heterocycles. The SMILES string of the molecule is CC(C(=N)N)N(C)C(C)c1ccccc1F. The van der Waals surface area contributed by atoms with Crippen LogP contribution in [-0.2, 0) is 0 Å². The van der Waals surface area contributed by atoms with E-state index in [9.17, 15) is 4.39 Å². The Morgan fingerprint density at radius 1 is 1.38 bits per heavy atom. The quantitative estimate of drug-likeness (QED) is 0.607. The van der Waals surface area contributed by atoms with E-state index in [4.69, 9.17) is 11.1 Å². The Bertz CT molecular complexity index is 378. The number of nitrogens with zero attached hydrogens (tertiary/aromatic N) is 1. The topological polar surface area (TPSA) is 53.1 Å². The van der Waals surface area contributed by atoms with Gasteiger partial charge >= 0.3 is 0 Å². The fourth-order valence-electron chi connectivity index (χ4n) is 1.59. The van der Waals surface area contributed by atoms with Gasteiger partial charge < -0.3 is 5.73 Å². The van der Waals surface area contributed by atoms with E-state index in [0.29, 0.717) is 5.56 Å². The van der Waals surface area contributed by atoms with E-state index in [1.165, 1.54) is 6.07 Å². The predicted octanol–water partition coefficient (Wildman–Crippen LogP) is 2.14. The Balaban J connectivity index is 2.90. The molecule has 3 N–H and O–H groups in total. The minimum Gasteiger partial charge on any atom is -0.386 e. The van der Waals surface area contributed by atoms with Crippen LogP contribution in [0.5, 0.6) is 0 Å². The summed E-state index contributed by atoms with van der Waals surface area (Å²) in [5.74, 6) is -0.136. The van der Waals surface area contributed by atoms with Gasteiger partial charge in [-0.3, -0.25) is 10.3 Å². The fraction of sp³-hybridized carbons (Fsp3) is 0.417. The van der Waals surface area contributed by atoms with E-state index in [1.807, 2.05) is 25.8 Å². The molecule has 1 rings (SSSR count). The number of hydrogen-bond acceptors (Lipinski definition) is 2. The van der Waals surface area contributed by atoms with Crippen molar-refractivity contribution in [3.8, 4) is 0 Å². The van der Waals surface area contributed by atoms with Crippen LogP contribution < -0.4 is 5.73 Å². The summed E-state index contributed by atoms with van der Waals surface area (Å²) < 4.78 is 13.6. The average molecular weight is 223 g/mol. The number of amidine groups is 1. The molecule has 0 heterocycles. The van der Waals surface area contributed by atoms with Gasteiger partial charge in [-0.1, -0.05) is 18.2 Å². The normalized spacial score (nSPS) is 14.8. The minimum atomic E-state index is -0.224. The monoisotopic (exact) mass is 223 g/mol. The summed E-state index contributed by atoms with van der Waals surface area (Å²) in [5, 5.41) is 7.38. The fourth-order valence-corrected chi connectivity index (χ4v) is 1.59. The zero-order valence-electron chi connectivity index (χ0n) is 9.87. The summed E-state index contributed by atoms with van der Waals surface area (Å²) >= 11 is 0. The number of rotatable bonds is 4. The van der Waals surface area contributed by atoms with Gasteiger partial charge in [0.15, 0.2) is 0 Å². The highest BCUT2D eigenvalue weighted by Gasteiger charge is 2.21. The van der Waals surface area contributed by atoms with E-state index in [1.54, 1.807) is 18.2 Å². The van der Waals surface area contributed by atoms with Crippen LogP contribution in [0.4, 0.5) is 4.39 Å². The van der Waals surface area contributed by atoms with Crippen LogP contribution in [0.2, 0.25) is 0 Å². The highest BCUT2D eigenvalue weighted by Crippen LogP contribution is 2.22. The molecule has 4 heteroatoms. The third-order valence-corrected chi connectivity index (χ3v) is 3.03. The smallest absolute Gasteiger partial charge is 0.127 e. The second-order valence-corrected chi connectivity index (χ2v) is 3.99. The zero-order valence-corrected chi connectivity index (χ0v) is 9.87. The molecule has 2 atom stereocenters. The zero-order chi connectivity index (χ0) is 12.3. The van der Waals surface area contributed by atoms with Crippen molar-refractivity contribution in [2.75, 3.05) is 7.05 Å². The van der Waals surface area contributed by atoms with E-state index in [2.05, 4.69) is 0 Å². The number of hydrogen-bond donors (Lipinski definition) is 2. The lowest BCUT2D eigenvalue weighted by atomic mass is 10.1. The largest absolute Gasteiger partial charge is 0.386 e. The van der Waals surface area contributed by atoms with E-state index < -0.39 is 0 Å². The molecule has 2 unspecified atom stereocenters. The first-order valence-electron chi connectivity index (χ1n) is 5.25. The van der Waals surface area contributed by atoms with Crippen LogP contribution in [0.1, 0.15) is 25.5 Å². The maximum Gasteiger partial charge on any atom is 0.127 e. The van der Waals surface area contributed by atoms with E-state index in [-0.39, 0.29) is 23.7 Å². The molecule has 16 heavy (non-hydrogen) atoms. The number of likely N-dealkylation sites (N-methyl/N-ethyl adjacent to an activating group) is 1. The molecule has 0 aliphatic carbocycles. The van der Waals surface area contributed by atoms with Crippen molar-refractivity contribution in [1.82, 2.24) is 4.90 Å². The minimum absolute atomic E-state index is 0.0886. The Morgan fingerprint density at radius 3 is 2.44 bits per heavy atom. The molecule has 1 aromatic rings. The number of nitrogens with one attached hydrogen (secondary N) is 1. The summed E-state index contributed by atoms with van der Waals surface area (Å²) in [4.78, 5) is 1.88. The number of nitrogens with two attached hydrogens (primary N) is 1. The van der Waals surface area contributed by atoms with Crippen LogP contribution >= 0.6 is 0 Å². The third kappa shape index (κ3) is 2.58. The van der Waals surface area contributed by atoms with Crippen molar-refractivity contribution in [3.05, 3.63) is 35.6 Å². The molecule has 3 nitrogen and oxygen atoms in total. The van der Waals surface area contributed by atoms with Gasteiger partial charge in [-0.05, 0) is 27.0 Å². The van der Waals surface area contributed by atoms with Gasteiger partial charge in [-0.2, -0.15) is 0 Å². The summed E-state index contributed by atoms with van der Waals surface area (Å²) in [5.41, 5.74) is 6.06. The second-order valence-electron chi connectivity index (χ2n) is 3.99. The number of halogens is 1. The van der Waals surface area contributed by atoms with Gasteiger partial charge in [0, 0.05) is 11.6 Å². The highest BCUT2D eigenvalue weighted by atomic mass is 19.1. The lowest BCUT2D eigenvalue weighted by molar-refractivity contribution is 0.235. The molecule has 0 aliphatic rings. The second kappa shape index (κ2) is 5.07. The molecule has 0 aromatic heterocycles. The van der Waals surface area contributed by atoms with Gasteiger partial charge in [0.2, 0.25) is 0 Å². The van der Waals surface area contributed by atoms with Crippen LogP contribution in [-0.4, -0.2) is 23.8 Å². The molecular formula is C12H18FN3. The van der Waals surface area contributed by atoms with Crippen LogP contribution in [0.3, 0.4) is 0 Å². The van der Waals surface area contributed by atoms with E-state index >= 15 is 0 Å². The van der Waals surface area contributed by atoms with Crippen molar-refractivity contribution in [2.24, 2.45) is 5.73 Å².